The molecule has 9 rings (SSSR count). The number of halogens is 5. The van der Waals surface area contributed by atoms with Gasteiger partial charge in [0.2, 0.25) is 5.51 Å². The van der Waals surface area contributed by atoms with Crippen LogP contribution in [0, 0.1) is 43.4 Å². The number of thiazole rings is 1. The number of hydrogen-bond donors (Lipinski definition) is 0. The van der Waals surface area contributed by atoms with E-state index < -0.39 is 27.0 Å². The molecule has 3 aromatic rings. The molecule has 0 N–H and O–H groups in total. The van der Waals surface area contributed by atoms with E-state index in [1.807, 2.05) is 109 Å². The van der Waals surface area contributed by atoms with Crippen molar-refractivity contribution in [2.45, 2.75) is 247 Å². The van der Waals surface area contributed by atoms with E-state index in [4.69, 9.17) is 48.2 Å². The predicted molar refractivity (Wildman–Crippen MR) is 349 cm³/mol. The van der Waals surface area contributed by atoms with Crippen molar-refractivity contribution >= 4 is 79.0 Å². The number of ether oxygens (including phenoxy) is 2. The summed E-state index contributed by atoms with van der Waals surface area (Å²) in [6, 6.07) is 16.7. The topological polar surface area (TPSA) is 25.6 Å². The van der Waals surface area contributed by atoms with Crippen molar-refractivity contribution in [2.24, 2.45) is 23.7 Å². The molecule has 5 aliphatic carbocycles. The third-order valence-electron chi connectivity index (χ3n) is 16.8. The molecule has 1 aromatic heterocycles. The van der Waals surface area contributed by atoms with Crippen LogP contribution in [-0.2, 0) is 27.0 Å². The Kier molecular flexibility index (Phi) is 34.0. The second-order valence-corrected chi connectivity index (χ2v) is 41.2. The molecule has 80 heavy (non-hydrogen) atoms. The molecule has 1 aliphatic heterocycles. The fraction of sp³-hybridized carbons (Fsp3) is 0.636. The molecule has 0 unspecified atom stereocenters. The van der Waals surface area contributed by atoms with Crippen LogP contribution in [-0.4, -0.2) is 49.3 Å². The largest absolute Gasteiger partial charge is 1.00 e. The van der Waals surface area contributed by atoms with Crippen LogP contribution >= 0.6 is 69.8 Å². The number of aromatic nitrogens is 1. The molecule has 4 nitrogen and oxygen atoms in total. The standard InChI is InChI=1S/C18H33P.2C14H22NS.2C10H12O.5ClH.2Ru/c1-4-10-16(11-5-1)19(17-12-6-2-7-13-17)18-14-8-3-9-15-18;2*1-9-6-10(2)14(11(3)7-9)15-8-16-13(5)12(15)4;2*1-8(2)11-10-7-5-4-6-9(10)3;;;;;;;/h16-18H,1-15H2;2*6,8-9,11,14H,7H2,1-5H3;2*3-8H,1-2H3;5*1H;;/q;-1;+1;;;;;;;;2*+2/p-4/t;2*9-,11-,14+;;;;;;;;;/m.11........./s1. The summed E-state index contributed by atoms with van der Waals surface area (Å²) >= 11 is 0.190. The van der Waals surface area contributed by atoms with Crippen molar-refractivity contribution < 1.29 is 53.5 Å². The quantitative estimate of drug-likeness (QED) is 0.0628. The summed E-state index contributed by atoms with van der Waals surface area (Å²) in [5.74, 6) is 6.97. The molecule has 6 atom stereocenters. The Morgan fingerprint density at radius 1 is 0.613 bits per heavy atom. The molecule has 2 heterocycles. The van der Waals surface area contributed by atoms with Gasteiger partial charge in [0.05, 0.1) is 21.9 Å². The van der Waals surface area contributed by atoms with Gasteiger partial charge in [0, 0.05) is 26.8 Å². The zero-order chi connectivity index (χ0) is 57.8. The second kappa shape index (κ2) is 37.6. The summed E-state index contributed by atoms with van der Waals surface area (Å²) in [6.07, 6.45) is 31.6. The number of aryl methyl sites for hydroxylation is 1. The molecule has 3 fully saturated rings. The maximum atomic E-state index is 5.82. The van der Waals surface area contributed by atoms with E-state index >= 15 is 0 Å². The summed E-state index contributed by atoms with van der Waals surface area (Å²) in [4.78, 5) is 5.36. The molecule has 0 radical (unpaired) electrons. The van der Waals surface area contributed by atoms with Gasteiger partial charge < -0.3 is 17.3 Å². The van der Waals surface area contributed by atoms with Gasteiger partial charge >= 0.3 is 196 Å². The van der Waals surface area contributed by atoms with Crippen molar-refractivity contribution in [1.82, 2.24) is 4.90 Å². The summed E-state index contributed by atoms with van der Waals surface area (Å²) in [6.45, 7) is 30.9. The molecular formula is C66H102Cl5N2O2PRu2S2. The van der Waals surface area contributed by atoms with E-state index in [2.05, 4.69) is 102 Å². The van der Waals surface area contributed by atoms with Crippen LogP contribution in [0.25, 0.3) is 0 Å². The van der Waals surface area contributed by atoms with Crippen LogP contribution < -0.4 is 26.4 Å². The van der Waals surface area contributed by atoms with Crippen LogP contribution in [0.4, 0.5) is 0 Å². The first-order chi connectivity index (χ1) is 37.6. The van der Waals surface area contributed by atoms with E-state index in [1.165, 1.54) is 62.1 Å². The number of para-hydroxylation sites is 2. The predicted octanol–water partition coefficient (Wildman–Crippen LogP) is 18.5. The number of nitrogens with zero attached hydrogens (tertiary/aromatic N) is 2. The van der Waals surface area contributed by atoms with Crippen molar-refractivity contribution in [3.05, 3.63) is 116 Å². The first-order valence-electron chi connectivity index (χ1n) is 30.0. The molecular weight excluding hydrogens is 1330 g/mol. The molecule has 2 aromatic carbocycles. The van der Waals surface area contributed by atoms with Crippen molar-refractivity contribution in [3.8, 4) is 11.5 Å². The fourth-order valence-corrected chi connectivity index (χ4v) is 23.9. The minimum absolute atomic E-state index is 0. The van der Waals surface area contributed by atoms with Gasteiger partial charge in [-0.2, -0.15) is 10.4 Å². The molecule has 6 aliphatic rings. The molecule has 456 valence electrons. The van der Waals surface area contributed by atoms with Crippen LogP contribution in [0.15, 0.2) is 87.9 Å². The Hall–Kier alpha value is -0.0932. The third-order valence-corrected chi connectivity index (χ3v) is 27.0. The van der Waals surface area contributed by atoms with Gasteiger partial charge in [-0.25, -0.2) is 0 Å². The van der Waals surface area contributed by atoms with Crippen molar-refractivity contribution in [3.63, 3.8) is 0 Å². The van der Waals surface area contributed by atoms with Crippen LogP contribution in [0.2, 0.25) is 0 Å². The molecule has 14 heteroatoms. The third kappa shape index (κ3) is 23.5. The van der Waals surface area contributed by atoms with Crippen LogP contribution in [0.5, 0.6) is 11.5 Å². The summed E-state index contributed by atoms with van der Waals surface area (Å²) in [7, 11) is 23.2. The van der Waals surface area contributed by atoms with E-state index in [0.29, 0.717) is 12.1 Å². The summed E-state index contributed by atoms with van der Waals surface area (Å²) in [5, 5.41) is 0. The van der Waals surface area contributed by atoms with Gasteiger partial charge in [-0.15, -0.1) is 0 Å². The Morgan fingerprint density at radius 3 is 1.38 bits per heavy atom. The molecule has 0 saturated heterocycles. The monoisotopic (exact) mass is 1430 g/mol. The van der Waals surface area contributed by atoms with E-state index in [1.54, 1.807) is 96.3 Å². The SMILES string of the molecule is C1CCC([PH+](C2CCCCC2)C2CCCCC2)CC1.CC(C)Oc1ccccc1[CH]=[Ru]([Cl])[Cl].CC(C)Oc1ccccc1[CH]=[Ru]([Cl])[Cl].CC1=C[C@@H](C)C[C@@H](C)[C@H]1N1[CH-]SC(C)=C1C.CC1=C[C@@H](C)C[C@@H](C)[C@H]1[n+]1csc(C)c1C.[Cl-]. The zero-order valence-electron chi connectivity index (χ0n) is 51.1. The number of benzene rings is 2. The Labute approximate surface area is 530 Å². The second-order valence-electron chi connectivity index (χ2n) is 24.2. The van der Waals surface area contributed by atoms with Crippen LogP contribution in [0.1, 0.15) is 220 Å². The number of allylic oxidation sites excluding steroid dienone is 5. The van der Waals surface area contributed by atoms with Gasteiger partial charge in [0.15, 0.2) is 11.7 Å². The minimum Gasteiger partial charge on any atom is -1.00 e. The molecule has 0 amide bonds. The molecule has 3 saturated carbocycles. The first kappa shape index (κ1) is 72.4. The number of rotatable bonds is 11. The Balaban J connectivity index is 0.000000216. The van der Waals surface area contributed by atoms with E-state index in [9.17, 15) is 0 Å². The van der Waals surface area contributed by atoms with Gasteiger partial charge in [-0.3, -0.25) is 11.8 Å². The van der Waals surface area contributed by atoms with Crippen LogP contribution in [0.3, 0.4) is 0 Å². The van der Waals surface area contributed by atoms with Gasteiger partial charge in [-0.1, -0.05) is 76.0 Å². The summed E-state index contributed by atoms with van der Waals surface area (Å²) < 4.78 is 17.5. The molecule has 0 bridgehead atoms. The Bertz CT molecular complexity index is 2360. The van der Waals surface area contributed by atoms with Gasteiger partial charge in [0.25, 0.3) is 0 Å². The average molecular weight is 1430 g/mol. The number of thioether (sulfide) groups is 1. The van der Waals surface area contributed by atoms with Gasteiger partial charge in [-0.05, 0) is 158 Å². The smallest absolute Gasteiger partial charge is 0.225 e. The summed E-state index contributed by atoms with van der Waals surface area (Å²) in [5.41, 5.74) is 13.9. The van der Waals surface area contributed by atoms with Crippen molar-refractivity contribution in [1.29, 1.82) is 0 Å². The number of hydrogen-bond acceptors (Lipinski definition) is 5. The van der Waals surface area contributed by atoms with Crippen molar-refractivity contribution in [2.75, 3.05) is 0 Å². The fourth-order valence-electron chi connectivity index (χ4n) is 13.4. The zero-order valence-corrected chi connectivity index (χ0v) is 61.0. The Morgan fingerprint density at radius 2 is 1.02 bits per heavy atom. The van der Waals surface area contributed by atoms with E-state index in [-0.39, 0.29) is 32.5 Å². The maximum absolute atomic E-state index is 5.82. The first-order valence-corrected chi connectivity index (χ1v) is 44.4. The molecule has 0 spiro atoms. The normalized spacial score (nSPS) is 24.0. The maximum Gasteiger partial charge on any atom is 0.225 e. The van der Waals surface area contributed by atoms with Gasteiger partial charge in [0.1, 0.15) is 0 Å². The van der Waals surface area contributed by atoms with E-state index in [0.717, 1.165) is 46.3 Å². The minimum atomic E-state index is -1.77. The average Bonchev–Trinajstić information content (AvgIpc) is 3.90.